The number of hydrogen-bond donors (Lipinski definition) is 1. The summed E-state index contributed by atoms with van der Waals surface area (Å²) in [6.07, 6.45) is 3.03. The van der Waals surface area contributed by atoms with E-state index in [9.17, 15) is 9.59 Å². The highest BCUT2D eigenvalue weighted by Gasteiger charge is 2.38. The molecule has 0 aromatic heterocycles. The van der Waals surface area contributed by atoms with E-state index in [0.29, 0.717) is 30.8 Å². The molecule has 2 amide bonds. The van der Waals surface area contributed by atoms with Crippen LogP contribution in [0.2, 0.25) is 0 Å². The molecule has 32 heavy (non-hydrogen) atoms. The number of piperidine rings is 1. The summed E-state index contributed by atoms with van der Waals surface area (Å²) < 4.78 is 5.09. The predicted octanol–water partition coefficient (Wildman–Crippen LogP) is 4.15. The van der Waals surface area contributed by atoms with Gasteiger partial charge in [0, 0.05) is 44.7 Å². The lowest BCUT2D eigenvalue weighted by molar-refractivity contribution is -0.136. The zero-order valence-electron chi connectivity index (χ0n) is 18.8. The molecule has 0 aliphatic carbocycles. The van der Waals surface area contributed by atoms with Gasteiger partial charge in [-0.3, -0.25) is 14.5 Å². The van der Waals surface area contributed by atoms with Crippen molar-refractivity contribution >= 4 is 28.8 Å². The number of hydrogen-bond acceptors (Lipinski definition) is 5. The van der Waals surface area contributed by atoms with E-state index < -0.39 is 0 Å². The zero-order chi connectivity index (χ0) is 22.5. The van der Waals surface area contributed by atoms with Gasteiger partial charge in [-0.25, -0.2) is 0 Å². The number of anilines is 2. The fourth-order valence-electron chi connectivity index (χ4n) is 4.30. The molecule has 2 aromatic rings. The van der Waals surface area contributed by atoms with Crippen molar-refractivity contribution in [1.82, 2.24) is 4.90 Å². The van der Waals surface area contributed by atoms with Crippen LogP contribution in [0.15, 0.2) is 60.3 Å². The number of imide groups is 1. The Balaban J connectivity index is 1.57. The highest BCUT2D eigenvalue weighted by molar-refractivity contribution is 6.36. The van der Waals surface area contributed by atoms with Gasteiger partial charge in [0.1, 0.15) is 5.70 Å². The van der Waals surface area contributed by atoms with E-state index in [0.717, 1.165) is 30.3 Å². The Kier molecular flexibility index (Phi) is 6.90. The van der Waals surface area contributed by atoms with Crippen molar-refractivity contribution in [3.05, 3.63) is 65.9 Å². The van der Waals surface area contributed by atoms with Crippen molar-refractivity contribution in [2.45, 2.75) is 26.2 Å². The van der Waals surface area contributed by atoms with Gasteiger partial charge in [0.05, 0.1) is 5.57 Å². The zero-order valence-corrected chi connectivity index (χ0v) is 18.8. The summed E-state index contributed by atoms with van der Waals surface area (Å²) in [5, 5.41) is 3.25. The summed E-state index contributed by atoms with van der Waals surface area (Å²) in [5.74, 6) is 0.228. The SMILES string of the molecule is COCCCN1C(=O)C(Nc2ccc(N3CCC(C)CC3)cc2)=C(c2ccccc2)C1=O. The topological polar surface area (TPSA) is 61.9 Å². The third kappa shape index (κ3) is 4.70. The minimum atomic E-state index is -0.293. The van der Waals surface area contributed by atoms with Crippen LogP contribution in [0.1, 0.15) is 31.7 Å². The van der Waals surface area contributed by atoms with Crippen LogP contribution in [-0.2, 0) is 14.3 Å². The average Bonchev–Trinajstić information content (AvgIpc) is 3.05. The number of rotatable bonds is 8. The fraction of sp³-hybridized carbons (Fsp3) is 0.385. The standard InChI is InChI=1S/C26H31N3O3/c1-19-13-16-28(17-14-19)22-11-9-21(10-12-22)27-24-23(20-7-4-3-5-8-20)25(30)29(26(24)31)15-6-18-32-2/h3-5,7-12,19,27H,6,13-18H2,1-2H3. The molecule has 4 rings (SSSR count). The van der Waals surface area contributed by atoms with E-state index in [1.807, 2.05) is 42.5 Å². The van der Waals surface area contributed by atoms with Gasteiger partial charge in [-0.05, 0) is 55.0 Å². The van der Waals surface area contributed by atoms with Crippen LogP contribution in [0.5, 0.6) is 0 Å². The van der Waals surface area contributed by atoms with Crippen LogP contribution >= 0.6 is 0 Å². The van der Waals surface area contributed by atoms with Gasteiger partial charge < -0.3 is 15.0 Å². The number of carbonyl (C=O) groups excluding carboxylic acids is 2. The molecule has 6 heteroatoms. The molecule has 168 valence electrons. The average molecular weight is 434 g/mol. The number of amides is 2. The van der Waals surface area contributed by atoms with E-state index in [-0.39, 0.29) is 11.8 Å². The van der Waals surface area contributed by atoms with Gasteiger partial charge in [-0.15, -0.1) is 0 Å². The molecule has 2 aliphatic rings. The van der Waals surface area contributed by atoms with E-state index >= 15 is 0 Å². The van der Waals surface area contributed by atoms with Crippen molar-refractivity contribution in [2.75, 3.05) is 43.6 Å². The van der Waals surface area contributed by atoms with Gasteiger partial charge in [0.25, 0.3) is 11.8 Å². The monoisotopic (exact) mass is 433 g/mol. The molecule has 0 bridgehead atoms. The number of carbonyl (C=O) groups is 2. The molecule has 0 unspecified atom stereocenters. The lowest BCUT2D eigenvalue weighted by Crippen LogP contribution is -2.34. The smallest absolute Gasteiger partial charge is 0.278 e. The molecule has 1 N–H and O–H groups in total. The third-order valence-electron chi connectivity index (χ3n) is 6.25. The lowest BCUT2D eigenvalue weighted by Gasteiger charge is -2.32. The van der Waals surface area contributed by atoms with Gasteiger partial charge in [-0.1, -0.05) is 37.3 Å². The molecule has 2 aromatic carbocycles. The highest BCUT2D eigenvalue weighted by Crippen LogP contribution is 2.31. The van der Waals surface area contributed by atoms with Crippen molar-refractivity contribution < 1.29 is 14.3 Å². The maximum atomic E-state index is 13.2. The second kappa shape index (κ2) is 10.0. The minimum absolute atomic E-state index is 0.265. The third-order valence-corrected chi connectivity index (χ3v) is 6.25. The van der Waals surface area contributed by atoms with Crippen LogP contribution in [0.25, 0.3) is 5.57 Å². The normalized spacial score (nSPS) is 17.4. The second-order valence-electron chi connectivity index (χ2n) is 8.57. The summed E-state index contributed by atoms with van der Waals surface area (Å²) in [7, 11) is 1.61. The molecule has 1 saturated heterocycles. The summed E-state index contributed by atoms with van der Waals surface area (Å²) in [6.45, 7) is 5.28. The van der Waals surface area contributed by atoms with E-state index in [2.05, 4.69) is 29.3 Å². The lowest BCUT2D eigenvalue weighted by atomic mass is 9.99. The first-order chi connectivity index (χ1) is 15.6. The number of benzene rings is 2. The minimum Gasteiger partial charge on any atom is -0.385 e. The van der Waals surface area contributed by atoms with Crippen molar-refractivity contribution in [3.63, 3.8) is 0 Å². The van der Waals surface area contributed by atoms with Crippen molar-refractivity contribution in [1.29, 1.82) is 0 Å². The van der Waals surface area contributed by atoms with Crippen LogP contribution in [0, 0.1) is 5.92 Å². The van der Waals surface area contributed by atoms with Gasteiger partial charge in [-0.2, -0.15) is 0 Å². The molecular weight excluding hydrogens is 402 g/mol. The predicted molar refractivity (Wildman–Crippen MR) is 127 cm³/mol. The number of nitrogens with one attached hydrogen (secondary N) is 1. The highest BCUT2D eigenvalue weighted by atomic mass is 16.5. The largest absolute Gasteiger partial charge is 0.385 e. The van der Waals surface area contributed by atoms with Crippen LogP contribution < -0.4 is 10.2 Å². The second-order valence-corrected chi connectivity index (χ2v) is 8.57. The molecule has 0 saturated carbocycles. The molecule has 0 radical (unpaired) electrons. The van der Waals surface area contributed by atoms with Gasteiger partial charge >= 0.3 is 0 Å². The Morgan fingerprint density at radius 3 is 2.31 bits per heavy atom. The van der Waals surface area contributed by atoms with Crippen molar-refractivity contribution in [3.8, 4) is 0 Å². The number of methoxy groups -OCH3 is 1. The summed E-state index contributed by atoms with van der Waals surface area (Å²) in [6, 6.07) is 17.5. The molecule has 0 spiro atoms. The molecule has 6 nitrogen and oxygen atoms in total. The van der Waals surface area contributed by atoms with Crippen molar-refractivity contribution in [2.24, 2.45) is 5.92 Å². The van der Waals surface area contributed by atoms with E-state index in [4.69, 9.17) is 4.74 Å². The first kappa shape index (κ1) is 22.1. The van der Waals surface area contributed by atoms with Gasteiger partial charge in [0.15, 0.2) is 0 Å². The van der Waals surface area contributed by atoms with E-state index in [1.165, 1.54) is 23.4 Å². The van der Waals surface area contributed by atoms with Gasteiger partial charge in [0.2, 0.25) is 0 Å². The Morgan fingerprint density at radius 2 is 1.66 bits per heavy atom. The van der Waals surface area contributed by atoms with Crippen LogP contribution in [0.3, 0.4) is 0 Å². The Bertz CT molecular complexity index is 977. The first-order valence-electron chi connectivity index (χ1n) is 11.4. The molecule has 2 heterocycles. The number of nitrogens with zero attached hydrogens (tertiary/aromatic N) is 2. The summed E-state index contributed by atoms with van der Waals surface area (Å²) in [5.41, 5.74) is 3.47. The summed E-state index contributed by atoms with van der Waals surface area (Å²) >= 11 is 0. The Morgan fingerprint density at radius 1 is 0.969 bits per heavy atom. The maximum absolute atomic E-state index is 13.2. The number of ether oxygens (including phenoxy) is 1. The van der Waals surface area contributed by atoms with Crippen LogP contribution in [0.4, 0.5) is 11.4 Å². The summed E-state index contributed by atoms with van der Waals surface area (Å²) in [4.78, 5) is 30.1. The quantitative estimate of drug-likeness (QED) is 0.501. The maximum Gasteiger partial charge on any atom is 0.278 e. The molecule has 2 aliphatic heterocycles. The Hall–Kier alpha value is -3.12. The van der Waals surface area contributed by atoms with Crippen LogP contribution in [-0.4, -0.2) is 50.1 Å². The molecular formula is C26H31N3O3. The fourth-order valence-corrected chi connectivity index (χ4v) is 4.30. The Labute approximate surface area is 189 Å². The molecule has 1 fully saturated rings. The first-order valence-corrected chi connectivity index (χ1v) is 11.4. The van der Waals surface area contributed by atoms with E-state index in [1.54, 1.807) is 7.11 Å². The molecule has 0 atom stereocenters.